The molecule has 0 bridgehead atoms. The smallest absolute Gasteiger partial charge is 0.317 e. The zero-order valence-electron chi connectivity index (χ0n) is 14.7. The van der Waals surface area contributed by atoms with Crippen molar-refractivity contribution in [1.29, 1.82) is 0 Å². The highest BCUT2D eigenvalue weighted by Gasteiger charge is 2.29. The van der Waals surface area contributed by atoms with E-state index in [0.717, 1.165) is 70.2 Å². The first kappa shape index (κ1) is 17.2. The van der Waals surface area contributed by atoms with Gasteiger partial charge in [0.25, 0.3) is 0 Å². The van der Waals surface area contributed by atoms with Crippen molar-refractivity contribution in [1.82, 2.24) is 20.4 Å². The summed E-state index contributed by atoms with van der Waals surface area (Å²) in [5, 5.41) is 7.16. The highest BCUT2D eigenvalue weighted by molar-refractivity contribution is 5.74. The second kappa shape index (κ2) is 7.96. The van der Waals surface area contributed by atoms with Gasteiger partial charge in [-0.2, -0.15) is 4.98 Å². The summed E-state index contributed by atoms with van der Waals surface area (Å²) in [6.45, 7) is 7.94. The first-order valence-electron chi connectivity index (χ1n) is 9.07. The Morgan fingerprint density at radius 2 is 1.92 bits per heavy atom. The Hall–Kier alpha value is -1.63. The number of hydrogen-bond acceptors (Lipinski definition) is 5. The topological polar surface area (TPSA) is 80.5 Å². The van der Waals surface area contributed by atoms with Crippen LogP contribution in [0.3, 0.4) is 0 Å². The SMILES string of the molecule is CC(C)CNC(=O)N1CCC(c2nc(C3CCOCC3)no2)CC1. The van der Waals surface area contributed by atoms with Crippen LogP contribution in [0.5, 0.6) is 0 Å². The molecule has 2 aliphatic heterocycles. The van der Waals surface area contributed by atoms with E-state index in [1.807, 2.05) is 4.90 Å². The van der Waals surface area contributed by atoms with Gasteiger partial charge in [-0.25, -0.2) is 4.79 Å². The second-order valence-electron chi connectivity index (χ2n) is 7.22. The molecule has 0 unspecified atom stereocenters. The molecule has 0 aliphatic carbocycles. The predicted molar refractivity (Wildman–Crippen MR) is 88.9 cm³/mol. The number of nitrogens with one attached hydrogen (secondary N) is 1. The maximum atomic E-state index is 12.1. The molecule has 2 amide bonds. The summed E-state index contributed by atoms with van der Waals surface area (Å²) in [6, 6.07) is 0.0376. The van der Waals surface area contributed by atoms with E-state index in [9.17, 15) is 4.79 Å². The van der Waals surface area contributed by atoms with Crippen LogP contribution in [0, 0.1) is 5.92 Å². The molecule has 3 heterocycles. The monoisotopic (exact) mass is 336 g/mol. The van der Waals surface area contributed by atoms with Crippen LogP contribution in [0.2, 0.25) is 0 Å². The lowest BCUT2D eigenvalue weighted by molar-refractivity contribution is 0.0830. The van der Waals surface area contributed by atoms with Crippen LogP contribution in [0.1, 0.15) is 63.1 Å². The van der Waals surface area contributed by atoms with Gasteiger partial charge in [-0.1, -0.05) is 19.0 Å². The van der Waals surface area contributed by atoms with Gasteiger partial charge < -0.3 is 19.5 Å². The second-order valence-corrected chi connectivity index (χ2v) is 7.22. The van der Waals surface area contributed by atoms with Gasteiger partial charge in [0, 0.05) is 44.7 Å². The standard InChI is InChI=1S/C17H28N4O3/c1-12(2)11-18-17(22)21-7-3-14(4-8-21)16-19-15(20-24-16)13-5-9-23-10-6-13/h12-14H,3-11H2,1-2H3,(H,18,22). The van der Waals surface area contributed by atoms with E-state index in [0.29, 0.717) is 11.8 Å². The van der Waals surface area contributed by atoms with Gasteiger partial charge in [0.15, 0.2) is 5.82 Å². The van der Waals surface area contributed by atoms with Gasteiger partial charge >= 0.3 is 6.03 Å². The lowest BCUT2D eigenvalue weighted by atomic mass is 9.96. The molecular formula is C17H28N4O3. The predicted octanol–water partition coefficient (Wildman–Crippen LogP) is 2.51. The van der Waals surface area contributed by atoms with Crippen LogP contribution in [0.4, 0.5) is 4.79 Å². The molecule has 1 aromatic heterocycles. The number of urea groups is 1. The van der Waals surface area contributed by atoms with E-state index in [1.54, 1.807) is 0 Å². The third-order valence-electron chi connectivity index (χ3n) is 4.84. The number of likely N-dealkylation sites (tertiary alicyclic amines) is 1. The lowest BCUT2D eigenvalue weighted by Crippen LogP contribution is -2.45. The minimum absolute atomic E-state index is 0.0376. The summed E-state index contributed by atoms with van der Waals surface area (Å²) in [5.41, 5.74) is 0. The molecule has 0 spiro atoms. The molecular weight excluding hydrogens is 308 g/mol. The van der Waals surface area contributed by atoms with Gasteiger partial charge in [-0.05, 0) is 31.6 Å². The minimum Gasteiger partial charge on any atom is -0.381 e. The van der Waals surface area contributed by atoms with Crippen LogP contribution in [0.15, 0.2) is 4.52 Å². The van der Waals surface area contributed by atoms with Crippen LogP contribution < -0.4 is 5.32 Å². The summed E-state index contributed by atoms with van der Waals surface area (Å²) in [5.74, 6) is 2.65. The summed E-state index contributed by atoms with van der Waals surface area (Å²) in [4.78, 5) is 18.6. The molecule has 0 saturated carbocycles. The number of carbonyl (C=O) groups excluding carboxylic acids is 1. The van der Waals surface area contributed by atoms with E-state index in [-0.39, 0.29) is 11.9 Å². The minimum atomic E-state index is 0.0376. The third kappa shape index (κ3) is 4.26. The van der Waals surface area contributed by atoms with Crippen molar-refractivity contribution in [3.63, 3.8) is 0 Å². The van der Waals surface area contributed by atoms with Crippen molar-refractivity contribution >= 4 is 6.03 Å². The van der Waals surface area contributed by atoms with Gasteiger partial charge in [-0.15, -0.1) is 0 Å². The molecule has 0 atom stereocenters. The molecule has 7 heteroatoms. The molecule has 0 radical (unpaired) electrons. The lowest BCUT2D eigenvalue weighted by Gasteiger charge is -2.30. The van der Waals surface area contributed by atoms with Gasteiger partial charge in [0.05, 0.1) is 0 Å². The van der Waals surface area contributed by atoms with Crippen molar-refractivity contribution in [3.05, 3.63) is 11.7 Å². The molecule has 2 saturated heterocycles. The van der Waals surface area contributed by atoms with E-state index in [1.165, 1.54) is 0 Å². The van der Waals surface area contributed by atoms with E-state index in [2.05, 4.69) is 29.3 Å². The number of hydrogen-bond donors (Lipinski definition) is 1. The largest absolute Gasteiger partial charge is 0.381 e. The zero-order chi connectivity index (χ0) is 16.9. The molecule has 1 N–H and O–H groups in total. The quantitative estimate of drug-likeness (QED) is 0.914. The number of rotatable bonds is 4. The van der Waals surface area contributed by atoms with Crippen LogP contribution in [-0.4, -0.2) is 53.9 Å². The molecule has 134 valence electrons. The van der Waals surface area contributed by atoms with E-state index < -0.39 is 0 Å². The van der Waals surface area contributed by atoms with E-state index >= 15 is 0 Å². The number of aromatic nitrogens is 2. The Morgan fingerprint density at radius 1 is 1.21 bits per heavy atom. The highest BCUT2D eigenvalue weighted by atomic mass is 16.5. The average molecular weight is 336 g/mol. The van der Waals surface area contributed by atoms with E-state index in [4.69, 9.17) is 9.26 Å². The molecule has 2 aliphatic rings. The van der Waals surface area contributed by atoms with Gasteiger partial charge in [-0.3, -0.25) is 0 Å². The average Bonchev–Trinajstić information content (AvgIpc) is 3.10. The van der Waals surface area contributed by atoms with Gasteiger partial charge in [0.2, 0.25) is 5.89 Å². The normalized spacial score (nSPS) is 20.5. The molecule has 7 nitrogen and oxygen atoms in total. The van der Waals surface area contributed by atoms with Gasteiger partial charge in [0.1, 0.15) is 0 Å². The molecule has 24 heavy (non-hydrogen) atoms. The van der Waals surface area contributed by atoms with Crippen LogP contribution >= 0.6 is 0 Å². The maximum Gasteiger partial charge on any atom is 0.317 e. The Labute approximate surface area is 143 Å². The Bertz CT molecular complexity index is 532. The molecule has 3 rings (SSSR count). The summed E-state index contributed by atoms with van der Waals surface area (Å²) >= 11 is 0. The first-order valence-corrected chi connectivity index (χ1v) is 9.07. The Balaban J connectivity index is 1.49. The highest BCUT2D eigenvalue weighted by Crippen LogP contribution is 2.30. The maximum absolute atomic E-state index is 12.1. The molecule has 1 aromatic rings. The number of ether oxygens (including phenoxy) is 1. The van der Waals surface area contributed by atoms with Crippen molar-refractivity contribution < 1.29 is 14.1 Å². The number of carbonyl (C=O) groups is 1. The zero-order valence-corrected chi connectivity index (χ0v) is 14.7. The van der Waals surface area contributed by atoms with Crippen molar-refractivity contribution in [2.75, 3.05) is 32.8 Å². The van der Waals surface area contributed by atoms with Crippen molar-refractivity contribution in [2.45, 2.75) is 51.4 Å². The molecule has 0 aromatic carbocycles. The summed E-state index contributed by atoms with van der Waals surface area (Å²) in [6.07, 6.45) is 3.69. The summed E-state index contributed by atoms with van der Waals surface area (Å²) in [7, 11) is 0. The molecule has 2 fully saturated rings. The number of piperidine rings is 1. The van der Waals surface area contributed by atoms with Crippen LogP contribution in [0.25, 0.3) is 0 Å². The third-order valence-corrected chi connectivity index (χ3v) is 4.84. The number of nitrogens with zero attached hydrogens (tertiary/aromatic N) is 3. The Kier molecular flexibility index (Phi) is 5.71. The fourth-order valence-electron chi connectivity index (χ4n) is 3.27. The fourth-order valence-corrected chi connectivity index (χ4v) is 3.27. The van der Waals surface area contributed by atoms with Crippen molar-refractivity contribution in [3.8, 4) is 0 Å². The van der Waals surface area contributed by atoms with Crippen molar-refractivity contribution in [2.24, 2.45) is 5.92 Å². The fraction of sp³-hybridized carbons (Fsp3) is 0.824. The van der Waals surface area contributed by atoms with Crippen LogP contribution in [-0.2, 0) is 4.74 Å². The Morgan fingerprint density at radius 3 is 2.58 bits per heavy atom. The number of amides is 2. The first-order chi connectivity index (χ1) is 11.6. The summed E-state index contributed by atoms with van der Waals surface area (Å²) < 4.78 is 10.9.